The Labute approximate surface area is 519 Å². The lowest BCUT2D eigenvalue weighted by atomic mass is 9.33. The van der Waals surface area contributed by atoms with Gasteiger partial charge in [-0.05, 0) is 200 Å². The second-order valence-corrected chi connectivity index (χ2v) is 23.9. The maximum Gasteiger partial charge on any atom is 0.252 e. The molecule has 15 aromatic rings. The number of hydrogen-bond donors (Lipinski definition) is 0. The molecule has 0 radical (unpaired) electrons. The zero-order chi connectivity index (χ0) is 59.4. The Bertz CT molecular complexity index is 4810. The molecule has 4 heterocycles. The van der Waals surface area contributed by atoms with E-state index in [4.69, 9.17) is 0 Å². The van der Waals surface area contributed by atoms with Crippen LogP contribution in [0.1, 0.15) is 22.3 Å². The largest absolute Gasteiger partial charge is 0.311 e. The lowest BCUT2D eigenvalue weighted by molar-refractivity contribution is 1.17. The highest BCUT2D eigenvalue weighted by Gasteiger charge is 2.45. The second-order valence-electron chi connectivity index (χ2n) is 23.9. The minimum Gasteiger partial charge on any atom is -0.311 e. The fourth-order valence-corrected chi connectivity index (χ4v) is 14.9. The number of para-hydroxylation sites is 8. The number of nitrogens with zero attached hydrogens (tertiary/aromatic N) is 6. The molecule has 0 aliphatic carbocycles. The molecule has 0 amide bonds. The maximum absolute atomic E-state index is 2.61. The van der Waals surface area contributed by atoms with Crippen molar-refractivity contribution >= 4 is 135 Å². The average Bonchev–Trinajstić information content (AvgIpc) is 1.77. The SMILES string of the molecule is Cc1cccc(C)c1N1c2cc3c4ccc(N(c5ccccc5)c5ccccc5)cc4n(-c4ccccc4)c3cc2B2c3cc4c(cc3N(c3c(C)cccc3C)c3cccc1c32)c1ccc(N(c2ccccc2)c2ccccc2)cc1n4-c1ccccc1. The summed E-state index contributed by atoms with van der Waals surface area (Å²) < 4.78 is 5.03. The zero-order valence-corrected chi connectivity index (χ0v) is 50.1. The molecule has 17 rings (SSSR count). The van der Waals surface area contributed by atoms with E-state index in [2.05, 4.69) is 354 Å². The minimum absolute atomic E-state index is 0.185. The van der Waals surface area contributed by atoms with E-state index in [1.165, 1.54) is 94.3 Å². The summed E-state index contributed by atoms with van der Waals surface area (Å²) in [4.78, 5) is 9.97. The van der Waals surface area contributed by atoms with Gasteiger partial charge in [-0.25, -0.2) is 0 Å². The zero-order valence-electron chi connectivity index (χ0n) is 50.1. The number of benzene rings is 13. The maximum atomic E-state index is 2.61. The lowest BCUT2D eigenvalue weighted by Crippen LogP contribution is -2.61. The van der Waals surface area contributed by atoms with Crippen LogP contribution < -0.4 is 36.0 Å². The molecule has 0 bridgehead atoms. The highest BCUT2D eigenvalue weighted by Crippen LogP contribution is 2.51. The number of hydrogen-bond acceptors (Lipinski definition) is 4. The van der Waals surface area contributed by atoms with E-state index >= 15 is 0 Å². The third-order valence-corrected chi connectivity index (χ3v) is 18.7. The first-order valence-electron chi connectivity index (χ1n) is 30.9. The van der Waals surface area contributed by atoms with E-state index < -0.39 is 0 Å². The normalized spacial score (nSPS) is 12.4. The number of anilines is 12. The van der Waals surface area contributed by atoms with Crippen LogP contribution in [0.4, 0.5) is 68.2 Å². The quantitative estimate of drug-likeness (QED) is 0.127. The molecule has 0 unspecified atom stereocenters. The van der Waals surface area contributed by atoms with Crippen molar-refractivity contribution in [3.63, 3.8) is 0 Å². The van der Waals surface area contributed by atoms with Gasteiger partial charge in [0.25, 0.3) is 6.71 Å². The van der Waals surface area contributed by atoms with Crippen LogP contribution in [0.25, 0.3) is 55.0 Å². The summed E-state index contributed by atoms with van der Waals surface area (Å²) in [7, 11) is 0. The summed E-state index contributed by atoms with van der Waals surface area (Å²) in [5.41, 5.74) is 29.2. The Morgan fingerprint density at radius 1 is 0.258 bits per heavy atom. The van der Waals surface area contributed by atoms with E-state index in [9.17, 15) is 0 Å². The van der Waals surface area contributed by atoms with Gasteiger partial charge in [0.2, 0.25) is 0 Å². The van der Waals surface area contributed by atoms with Gasteiger partial charge in [0.15, 0.2) is 0 Å². The summed E-state index contributed by atoms with van der Waals surface area (Å²) in [6.45, 7) is 8.92. The van der Waals surface area contributed by atoms with Gasteiger partial charge in [-0.3, -0.25) is 0 Å². The van der Waals surface area contributed by atoms with E-state index in [1.807, 2.05) is 0 Å². The molecule has 422 valence electrons. The van der Waals surface area contributed by atoms with Crippen molar-refractivity contribution < 1.29 is 0 Å². The van der Waals surface area contributed by atoms with Crippen molar-refractivity contribution in [1.82, 2.24) is 9.13 Å². The molecule has 0 atom stereocenters. The Hall–Kier alpha value is -11.3. The summed E-state index contributed by atoms with van der Waals surface area (Å²) in [6.07, 6.45) is 0. The topological polar surface area (TPSA) is 22.8 Å². The molecular formula is C82H61BN6. The highest BCUT2D eigenvalue weighted by atomic mass is 15.2. The molecule has 0 fully saturated rings. The van der Waals surface area contributed by atoms with Gasteiger partial charge in [-0.1, -0.05) is 164 Å². The average molecular weight is 1140 g/mol. The van der Waals surface area contributed by atoms with E-state index in [0.29, 0.717) is 0 Å². The minimum atomic E-state index is -0.185. The van der Waals surface area contributed by atoms with Gasteiger partial charge in [-0.15, -0.1) is 0 Å². The first kappa shape index (κ1) is 52.1. The molecule has 6 nitrogen and oxygen atoms in total. The van der Waals surface area contributed by atoms with Crippen molar-refractivity contribution in [3.8, 4) is 11.4 Å². The molecular weight excluding hydrogens is 1080 g/mol. The Morgan fingerprint density at radius 2 is 0.573 bits per heavy atom. The van der Waals surface area contributed by atoms with Gasteiger partial charge < -0.3 is 28.7 Å². The van der Waals surface area contributed by atoms with Crippen LogP contribution in [0.2, 0.25) is 0 Å². The van der Waals surface area contributed by atoms with Gasteiger partial charge in [0, 0.05) is 89.8 Å². The van der Waals surface area contributed by atoms with Crippen molar-refractivity contribution in [2.45, 2.75) is 27.7 Å². The molecule has 0 spiro atoms. The molecule has 2 aromatic heterocycles. The van der Waals surface area contributed by atoms with Crippen LogP contribution >= 0.6 is 0 Å². The standard InChI is InChI=1S/C82H61BN6/c1-54-26-23-27-55(2)81(54)88-72-42-25-43-73-80(72)83(70-52-76-68(50-78(70)88)66-46-44-64(48-74(66)86(76)62-38-19-9-20-39-62)84(58-30-11-5-12-31-58)59-32-13-6-14-33-59)71-53-77-69(51-79(71)89(73)82-56(3)28-24-29-57(82)4)67-47-45-65(49-75(67)87(77)63-40-21-10-22-41-63)85(60-34-15-7-16-35-60)61-36-17-8-18-37-61/h5-53H,1-4H3. The van der Waals surface area contributed by atoms with Gasteiger partial charge in [0.05, 0.1) is 33.4 Å². The third-order valence-electron chi connectivity index (χ3n) is 18.7. The fourth-order valence-electron chi connectivity index (χ4n) is 14.9. The van der Waals surface area contributed by atoms with Crippen LogP contribution in [0.15, 0.2) is 297 Å². The Kier molecular flexibility index (Phi) is 12.1. The predicted molar refractivity (Wildman–Crippen MR) is 377 cm³/mol. The summed E-state index contributed by atoms with van der Waals surface area (Å²) >= 11 is 0. The van der Waals surface area contributed by atoms with E-state index in [1.54, 1.807) is 0 Å². The number of rotatable bonds is 10. The molecule has 89 heavy (non-hydrogen) atoms. The highest BCUT2D eigenvalue weighted by molar-refractivity contribution is 7.00. The van der Waals surface area contributed by atoms with Crippen LogP contribution in [0.3, 0.4) is 0 Å². The first-order chi connectivity index (χ1) is 43.9. The second kappa shape index (κ2) is 20.7. The monoisotopic (exact) mass is 1140 g/mol. The van der Waals surface area contributed by atoms with E-state index in [0.717, 1.165) is 67.6 Å². The number of fused-ring (bicyclic) bond motifs is 10. The smallest absolute Gasteiger partial charge is 0.252 e. The lowest BCUT2D eigenvalue weighted by Gasteiger charge is -2.45. The molecule has 0 saturated heterocycles. The van der Waals surface area contributed by atoms with Crippen molar-refractivity contribution in [1.29, 1.82) is 0 Å². The Balaban J connectivity index is 0.990. The van der Waals surface area contributed by atoms with Crippen LogP contribution in [-0.4, -0.2) is 15.8 Å². The molecule has 0 N–H and O–H groups in total. The third kappa shape index (κ3) is 8.19. The van der Waals surface area contributed by atoms with Crippen molar-refractivity contribution in [2.75, 3.05) is 19.6 Å². The van der Waals surface area contributed by atoms with Crippen LogP contribution in [0, 0.1) is 27.7 Å². The molecule has 2 aliphatic rings. The molecule has 13 aromatic carbocycles. The van der Waals surface area contributed by atoms with Crippen molar-refractivity contribution in [3.05, 3.63) is 320 Å². The fraction of sp³-hybridized carbons (Fsp3) is 0.0488. The van der Waals surface area contributed by atoms with Crippen LogP contribution in [-0.2, 0) is 0 Å². The number of aromatic nitrogens is 2. The first-order valence-corrected chi connectivity index (χ1v) is 30.9. The Morgan fingerprint density at radius 3 is 0.921 bits per heavy atom. The summed E-state index contributed by atoms with van der Waals surface area (Å²) in [5.74, 6) is 0. The summed E-state index contributed by atoms with van der Waals surface area (Å²) in [5, 5.41) is 4.77. The van der Waals surface area contributed by atoms with Gasteiger partial charge in [0.1, 0.15) is 0 Å². The van der Waals surface area contributed by atoms with E-state index in [-0.39, 0.29) is 6.71 Å². The molecule has 0 saturated carbocycles. The predicted octanol–water partition coefficient (Wildman–Crippen LogP) is 20.1. The van der Waals surface area contributed by atoms with Gasteiger partial charge >= 0.3 is 0 Å². The van der Waals surface area contributed by atoms with Crippen LogP contribution in [0.5, 0.6) is 0 Å². The van der Waals surface area contributed by atoms with Gasteiger partial charge in [-0.2, -0.15) is 0 Å². The number of aryl methyl sites for hydroxylation is 4. The summed E-state index contributed by atoms with van der Waals surface area (Å²) in [6, 6.07) is 110. The molecule has 7 heteroatoms. The molecule has 2 aliphatic heterocycles. The van der Waals surface area contributed by atoms with Crippen molar-refractivity contribution in [2.24, 2.45) is 0 Å².